The molecule has 0 spiro atoms. The van der Waals surface area contributed by atoms with Gasteiger partial charge in [0.05, 0.1) is 5.25 Å². The van der Waals surface area contributed by atoms with E-state index in [0.29, 0.717) is 29.1 Å². The Balaban J connectivity index is 1.74. The van der Waals surface area contributed by atoms with Crippen molar-refractivity contribution in [2.75, 3.05) is 5.32 Å². The molecule has 10 heteroatoms. The Morgan fingerprint density at radius 3 is 2.79 bits per heavy atom. The maximum absolute atomic E-state index is 13.9. The topological polar surface area (TPSA) is 81.9 Å². The molecule has 0 aliphatic carbocycles. The van der Waals surface area contributed by atoms with Gasteiger partial charge in [0.15, 0.2) is 33.8 Å². The van der Waals surface area contributed by atoms with Crippen LogP contribution in [0.1, 0.15) is 39.1 Å². The Kier molecular flexibility index (Phi) is 7.21. The lowest BCUT2D eigenvalue weighted by Gasteiger charge is -2.17. The fourth-order valence-corrected chi connectivity index (χ4v) is 4.25. The zero-order valence-corrected chi connectivity index (χ0v) is 18.0. The monoisotopic (exact) mass is 435 g/mol. The van der Waals surface area contributed by atoms with Crippen LogP contribution in [0.25, 0.3) is 0 Å². The lowest BCUT2D eigenvalue weighted by atomic mass is 10.3. The number of benzene rings is 1. The molecule has 2 unspecified atom stereocenters. The average Bonchev–Trinajstić information content (AvgIpc) is 3.37. The van der Waals surface area contributed by atoms with Crippen LogP contribution in [0.15, 0.2) is 41.0 Å². The number of ether oxygens (including phenoxy) is 1. The number of anilines is 1. The molecule has 3 rings (SSSR count). The molecule has 0 aliphatic heterocycles. The molecule has 2 aromatic heterocycles. The van der Waals surface area contributed by atoms with Gasteiger partial charge in [-0.3, -0.25) is 4.79 Å². The minimum atomic E-state index is -0.502. The van der Waals surface area contributed by atoms with E-state index < -0.39 is 11.9 Å². The molecule has 1 N–H and O–H groups in total. The zero-order valence-electron chi connectivity index (χ0n) is 16.3. The summed E-state index contributed by atoms with van der Waals surface area (Å²) < 4.78 is 21.5. The first-order chi connectivity index (χ1) is 14.0. The van der Waals surface area contributed by atoms with Crippen LogP contribution in [0.5, 0.6) is 5.75 Å². The van der Waals surface area contributed by atoms with Crippen molar-refractivity contribution in [2.45, 2.75) is 50.2 Å². The van der Waals surface area contributed by atoms with E-state index in [1.54, 1.807) is 36.7 Å². The summed E-state index contributed by atoms with van der Waals surface area (Å²) in [6.45, 7) is 6.30. The van der Waals surface area contributed by atoms with Gasteiger partial charge in [0.25, 0.3) is 0 Å². The largest absolute Gasteiger partial charge is 0.480 e. The predicted octanol–water partition coefficient (Wildman–Crippen LogP) is 4.54. The van der Waals surface area contributed by atoms with Gasteiger partial charge in [-0.15, -0.1) is 21.5 Å². The molecule has 0 radical (unpaired) electrons. The van der Waals surface area contributed by atoms with Crippen molar-refractivity contribution >= 4 is 34.1 Å². The van der Waals surface area contributed by atoms with Crippen LogP contribution in [-0.4, -0.2) is 30.9 Å². The summed E-state index contributed by atoms with van der Waals surface area (Å²) in [5.41, 5.74) is 0. The van der Waals surface area contributed by atoms with Crippen LogP contribution >= 0.6 is 23.1 Å². The third-order valence-electron chi connectivity index (χ3n) is 4.14. The number of rotatable bonds is 9. The Hall–Kier alpha value is -2.46. The second-order valence-electron chi connectivity index (χ2n) is 6.12. The van der Waals surface area contributed by atoms with Crippen molar-refractivity contribution in [3.8, 4) is 5.75 Å². The van der Waals surface area contributed by atoms with Crippen LogP contribution in [0.2, 0.25) is 0 Å². The van der Waals surface area contributed by atoms with Crippen LogP contribution in [0.3, 0.4) is 0 Å². The highest BCUT2D eigenvalue weighted by Crippen LogP contribution is 2.29. The summed E-state index contributed by atoms with van der Waals surface area (Å²) in [5, 5.41) is 14.0. The minimum absolute atomic E-state index is 0.129. The number of aromatic nitrogens is 4. The Bertz CT molecular complexity index is 948. The number of halogens is 1. The van der Waals surface area contributed by atoms with Crippen LogP contribution in [0.4, 0.5) is 9.52 Å². The molecule has 0 saturated carbocycles. The van der Waals surface area contributed by atoms with Gasteiger partial charge in [-0.2, -0.15) is 0 Å². The standard InChI is InChI=1S/C19H22FN5O2S2/c1-4-15(17(26)22-18-21-10-11-28-18)29-19-24-23-16(25(19)5-2)12(3)27-14-9-7-6-8-13(14)20/h6-12,15H,4-5H2,1-3H3,(H,21,22,26). The summed E-state index contributed by atoms with van der Waals surface area (Å²) in [7, 11) is 0. The van der Waals surface area contributed by atoms with E-state index in [1.165, 1.54) is 29.2 Å². The first kappa shape index (κ1) is 21.3. The number of carbonyl (C=O) groups is 1. The van der Waals surface area contributed by atoms with Gasteiger partial charge in [-0.05, 0) is 32.4 Å². The minimum Gasteiger partial charge on any atom is -0.480 e. The summed E-state index contributed by atoms with van der Waals surface area (Å²) >= 11 is 2.71. The molecule has 1 amide bonds. The number of nitrogens with one attached hydrogen (secondary N) is 1. The highest BCUT2D eigenvalue weighted by Gasteiger charge is 2.25. The number of nitrogens with zero attached hydrogens (tertiary/aromatic N) is 4. The summed E-state index contributed by atoms with van der Waals surface area (Å²) in [6, 6.07) is 6.24. The fourth-order valence-electron chi connectivity index (χ4n) is 2.69. The van der Waals surface area contributed by atoms with Crippen molar-refractivity contribution in [3.05, 3.63) is 47.5 Å². The maximum Gasteiger partial charge on any atom is 0.239 e. The predicted molar refractivity (Wildman–Crippen MR) is 112 cm³/mol. The molecule has 2 heterocycles. The second-order valence-corrected chi connectivity index (χ2v) is 8.18. The van der Waals surface area contributed by atoms with E-state index >= 15 is 0 Å². The van der Waals surface area contributed by atoms with Crippen molar-refractivity contribution < 1.29 is 13.9 Å². The van der Waals surface area contributed by atoms with E-state index in [4.69, 9.17) is 4.74 Å². The Morgan fingerprint density at radius 1 is 1.34 bits per heavy atom. The Morgan fingerprint density at radius 2 is 2.14 bits per heavy atom. The van der Waals surface area contributed by atoms with Crippen molar-refractivity contribution in [2.24, 2.45) is 0 Å². The van der Waals surface area contributed by atoms with Crippen molar-refractivity contribution in [3.63, 3.8) is 0 Å². The molecule has 0 bridgehead atoms. The third-order valence-corrected chi connectivity index (χ3v) is 6.17. The highest BCUT2D eigenvalue weighted by molar-refractivity contribution is 8.00. The summed E-state index contributed by atoms with van der Waals surface area (Å²) in [6.07, 6.45) is 1.76. The summed E-state index contributed by atoms with van der Waals surface area (Å²) in [5.74, 6) is 0.180. The van der Waals surface area contributed by atoms with E-state index in [9.17, 15) is 9.18 Å². The van der Waals surface area contributed by atoms with Gasteiger partial charge >= 0.3 is 0 Å². The van der Waals surface area contributed by atoms with E-state index in [0.717, 1.165) is 0 Å². The first-order valence-electron chi connectivity index (χ1n) is 9.24. The quantitative estimate of drug-likeness (QED) is 0.497. The van der Waals surface area contributed by atoms with Crippen LogP contribution < -0.4 is 10.1 Å². The van der Waals surface area contributed by atoms with Gasteiger partial charge < -0.3 is 14.6 Å². The Labute approximate surface area is 176 Å². The average molecular weight is 436 g/mol. The maximum atomic E-state index is 13.9. The van der Waals surface area contributed by atoms with E-state index in [-0.39, 0.29) is 16.9 Å². The number of amides is 1. The van der Waals surface area contributed by atoms with Gasteiger partial charge in [0, 0.05) is 18.1 Å². The SMILES string of the molecule is CCC(Sc1nnc(C(C)Oc2ccccc2F)n1CC)C(=O)Nc1nccs1. The van der Waals surface area contributed by atoms with Crippen molar-refractivity contribution in [1.29, 1.82) is 0 Å². The molecule has 3 aromatic rings. The number of thioether (sulfide) groups is 1. The van der Waals surface area contributed by atoms with Crippen LogP contribution in [-0.2, 0) is 11.3 Å². The molecule has 29 heavy (non-hydrogen) atoms. The number of thiazole rings is 1. The summed E-state index contributed by atoms with van der Waals surface area (Å²) in [4.78, 5) is 16.7. The van der Waals surface area contributed by atoms with E-state index in [1.807, 2.05) is 18.4 Å². The van der Waals surface area contributed by atoms with Gasteiger partial charge in [-0.25, -0.2) is 9.37 Å². The first-order valence-corrected chi connectivity index (χ1v) is 11.0. The van der Waals surface area contributed by atoms with E-state index in [2.05, 4.69) is 20.5 Å². The molecule has 1 aromatic carbocycles. The molecule has 0 saturated heterocycles. The normalized spacial score (nSPS) is 13.1. The number of carbonyl (C=O) groups excluding carboxylic acids is 1. The second kappa shape index (κ2) is 9.84. The molecule has 0 fully saturated rings. The van der Waals surface area contributed by atoms with Crippen molar-refractivity contribution in [1.82, 2.24) is 19.7 Å². The lowest BCUT2D eigenvalue weighted by molar-refractivity contribution is -0.115. The molecule has 2 atom stereocenters. The molecular formula is C19H22FN5O2S2. The zero-order chi connectivity index (χ0) is 20.8. The third kappa shape index (κ3) is 5.13. The fraction of sp³-hybridized carbons (Fsp3) is 0.368. The molecular weight excluding hydrogens is 413 g/mol. The smallest absolute Gasteiger partial charge is 0.239 e. The van der Waals surface area contributed by atoms with Crippen LogP contribution in [0, 0.1) is 5.82 Å². The molecule has 7 nitrogen and oxygen atoms in total. The number of hydrogen-bond acceptors (Lipinski definition) is 7. The number of hydrogen-bond donors (Lipinski definition) is 1. The van der Waals surface area contributed by atoms with Gasteiger partial charge in [-0.1, -0.05) is 30.8 Å². The molecule has 0 aliphatic rings. The highest BCUT2D eigenvalue weighted by atomic mass is 32.2. The number of para-hydroxylation sites is 1. The van der Waals surface area contributed by atoms with Gasteiger partial charge in [0.1, 0.15) is 0 Å². The molecule has 154 valence electrons. The lowest BCUT2D eigenvalue weighted by Crippen LogP contribution is -2.25. The van der Waals surface area contributed by atoms with Gasteiger partial charge in [0.2, 0.25) is 5.91 Å².